The Labute approximate surface area is 124 Å². The van der Waals surface area contributed by atoms with Crippen molar-refractivity contribution in [2.75, 3.05) is 0 Å². The number of benzene rings is 3. The molecule has 0 radical (unpaired) electrons. The van der Waals surface area contributed by atoms with E-state index in [1.165, 1.54) is 10.8 Å². The first-order chi connectivity index (χ1) is 9.65. The van der Waals surface area contributed by atoms with Gasteiger partial charge in [-0.2, -0.15) is 0 Å². The molecule has 0 amide bonds. The highest BCUT2D eigenvalue weighted by molar-refractivity contribution is 6.31. The molecule has 1 unspecified atom stereocenters. The van der Waals surface area contributed by atoms with Gasteiger partial charge in [-0.05, 0) is 46.5 Å². The van der Waals surface area contributed by atoms with E-state index in [1.54, 1.807) is 0 Å². The molecule has 100 valence electrons. The Morgan fingerprint density at radius 1 is 0.900 bits per heavy atom. The van der Waals surface area contributed by atoms with Crippen LogP contribution in [-0.2, 0) is 0 Å². The van der Waals surface area contributed by atoms with Crippen molar-refractivity contribution in [2.24, 2.45) is 5.73 Å². The molecule has 0 saturated carbocycles. The van der Waals surface area contributed by atoms with E-state index in [0.717, 1.165) is 21.7 Å². The summed E-state index contributed by atoms with van der Waals surface area (Å²) in [6, 6.07) is 20.4. The normalized spacial score (nSPS) is 12.6. The van der Waals surface area contributed by atoms with Crippen LogP contribution in [-0.4, -0.2) is 0 Å². The zero-order chi connectivity index (χ0) is 14.1. The molecule has 0 saturated heterocycles. The molecule has 1 atom stereocenters. The number of hydrogen-bond acceptors (Lipinski definition) is 1. The molecule has 0 aromatic heterocycles. The quantitative estimate of drug-likeness (QED) is 0.714. The van der Waals surface area contributed by atoms with Gasteiger partial charge in [0.2, 0.25) is 0 Å². The van der Waals surface area contributed by atoms with Crippen LogP contribution >= 0.6 is 11.6 Å². The summed E-state index contributed by atoms with van der Waals surface area (Å²) in [6.07, 6.45) is 0. The van der Waals surface area contributed by atoms with Crippen LogP contribution in [0.3, 0.4) is 0 Å². The Bertz CT molecular complexity index is 764. The van der Waals surface area contributed by atoms with Crippen molar-refractivity contribution in [3.63, 3.8) is 0 Å². The lowest BCUT2D eigenvalue weighted by Crippen LogP contribution is -2.12. The van der Waals surface area contributed by atoms with E-state index in [4.69, 9.17) is 17.3 Å². The molecular formula is C18H16ClN. The number of rotatable bonds is 2. The second kappa shape index (κ2) is 5.28. The third-order valence-electron chi connectivity index (χ3n) is 3.62. The molecule has 20 heavy (non-hydrogen) atoms. The van der Waals surface area contributed by atoms with Crippen molar-refractivity contribution in [1.82, 2.24) is 0 Å². The number of aryl methyl sites for hydroxylation is 1. The van der Waals surface area contributed by atoms with Crippen LogP contribution in [0.1, 0.15) is 22.7 Å². The van der Waals surface area contributed by atoms with Crippen LogP contribution in [0.4, 0.5) is 0 Å². The van der Waals surface area contributed by atoms with Gasteiger partial charge in [0.1, 0.15) is 0 Å². The SMILES string of the molecule is Cc1ccc(C(N)c2ccc3ccccc3c2)c(Cl)c1. The molecule has 0 aliphatic rings. The molecule has 0 aliphatic heterocycles. The lowest BCUT2D eigenvalue weighted by atomic mass is 9.96. The number of fused-ring (bicyclic) bond motifs is 1. The topological polar surface area (TPSA) is 26.0 Å². The molecule has 1 nitrogen and oxygen atoms in total. The minimum Gasteiger partial charge on any atom is -0.320 e. The van der Waals surface area contributed by atoms with Crippen LogP contribution in [0.25, 0.3) is 10.8 Å². The second-order valence-electron chi connectivity index (χ2n) is 5.11. The second-order valence-corrected chi connectivity index (χ2v) is 5.52. The zero-order valence-electron chi connectivity index (χ0n) is 11.3. The lowest BCUT2D eigenvalue weighted by molar-refractivity contribution is 0.873. The largest absolute Gasteiger partial charge is 0.320 e. The van der Waals surface area contributed by atoms with Gasteiger partial charge in [0, 0.05) is 5.02 Å². The van der Waals surface area contributed by atoms with Crippen molar-refractivity contribution in [2.45, 2.75) is 13.0 Å². The standard InChI is InChI=1S/C18H16ClN/c1-12-6-9-16(17(19)10-12)18(20)15-8-7-13-4-2-3-5-14(13)11-15/h2-11,18H,20H2,1H3. The first-order valence-corrected chi connectivity index (χ1v) is 7.03. The lowest BCUT2D eigenvalue weighted by Gasteiger charge is -2.15. The van der Waals surface area contributed by atoms with E-state index in [0.29, 0.717) is 0 Å². The fourth-order valence-corrected chi connectivity index (χ4v) is 2.82. The summed E-state index contributed by atoms with van der Waals surface area (Å²) in [6.45, 7) is 2.03. The molecule has 0 bridgehead atoms. The van der Waals surface area contributed by atoms with E-state index >= 15 is 0 Å². The summed E-state index contributed by atoms with van der Waals surface area (Å²) < 4.78 is 0. The highest BCUT2D eigenvalue weighted by atomic mass is 35.5. The van der Waals surface area contributed by atoms with Crippen LogP contribution in [0.15, 0.2) is 60.7 Å². The van der Waals surface area contributed by atoms with Gasteiger partial charge in [0.25, 0.3) is 0 Å². The van der Waals surface area contributed by atoms with Gasteiger partial charge < -0.3 is 5.73 Å². The minimum absolute atomic E-state index is 0.201. The molecule has 3 rings (SSSR count). The van der Waals surface area contributed by atoms with Crippen LogP contribution in [0.2, 0.25) is 5.02 Å². The maximum atomic E-state index is 6.37. The van der Waals surface area contributed by atoms with Crippen LogP contribution in [0, 0.1) is 6.92 Å². The minimum atomic E-state index is -0.201. The van der Waals surface area contributed by atoms with Gasteiger partial charge in [-0.25, -0.2) is 0 Å². The first-order valence-electron chi connectivity index (χ1n) is 6.65. The van der Waals surface area contributed by atoms with Crippen LogP contribution < -0.4 is 5.73 Å². The molecule has 0 fully saturated rings. The van der Waals surface area contributed by atoms with Gasteiger partial charge >= 0.3 is 0 Å². The maximum absolute atomic E-state index is 6.37. The first kappa shape index (κ1) is 13.2. The molecule has 0 heterocycles. The van der Waals surface area contributed by atoms with E-state index in [-0.39, 0.29) is 6.04 Å². The molecule has 0 aliphatic carbocycles. The average molecular weight is 282 g/mol. The Morgan fingerprint density at radius 3 is 2.40 bits per heavy atom. The van der Waals surface area contributed by atoms with Gasteiger partial charge in [-0.1, -0.05) is 60.1 Å². The van der Waals surface area contributed by atoms with E-state index in [9.17, 15) is 0 Å². The van der Waals surface area contributed by atoms with Crippen molar-refractivity contribution in [1.29, 1.82) is 0 Å². The highest BCUT2D eigenvalue weighted by Crippen LogP contribution is 2.29. The Balaban J connectivity index is 2.05. The molecule has 3 aromatic carbocycles. The molecule has 2 N–H and O–H groups in total. The summed E-state index contributed by atoms with van der Waals surface area (Å²) in [7, 11) is 0. The summed E-state index contributed by atoms with van der Waals surface area (Å²) in [5.74, 6) is 0. The molecular weight excluding hydrogens is 266 g/mol. The third-order valence-corrected chi connectivity index (χ3v) is 3.95. The summed E-state index contributed by atoms with van der Waals surface area (Å²) >= 11 is 6.31. The van der Waals surface area contributed by atoms with Gasteiger partial charge in [-0.15, -0.1) is 0 Å². The summed E-state index contributed by atoms with van der Waals surface area (Å²) in [4.78, 5) is 0. The van der Waals surface area contributed by atoms with Gasteiger partial charge in [0.05, 0.1) is 6.04 Å². The molecule has 2 heteroatoms. The smallest absolute Gasteiger partial charge is 0.0566 e. The van der Waals surface area contributed by atoms with Crippen molar-refractivity contribution in [3.05, 3.63) is 82.4 Å². The third kappa shape index (κ3) is 2.43. The fraction of sp³-hybridized carbons (Fsp3) is 0.111. The van der Waals surface area contributed by atoms with Crippen molar-refractivity contribution >= 4 is 22.4 Å². The van der Waals surface area contributed by atoms with Crippen LogP contribution in [0.5, 0.6) is 0 Å². The van der Waals surface area contributed by atoms with Crippen molar-refractivity contribution in [3.8, 4) is 0 Å². The fourth-order valence-electron chi connectivity index (χ4n) is 2.47. The monoisotopic (exact) mass is 281 g/mol. The average Bonchev–Trinajstić information content (AvgIpc) is 2.46. The Kier molecular flexibility index (Phi) is 3.47. The Morgan fingerprint density at radius 2 is 1.65 bits per heavy atom. The van der Waals surface area contributed by atoms with Gasteiger partial charge in [-0.3, -0.25) is 0 Å². The number of halogens is 1. The van der Waals surface area contributed by atoms with Crippen molar-refractivity contribution < 1.29 is 0 Å². The molecule has 0 spiro atoms. The Hall–Kier alpha value is -1.83. The zero-order valence-corrected chi connectivity index (χ0v) is 12.1. The molecule has 3 aromatic rings. The predicted octanol–water partition coefficient (Wildman–Crippen LogP) is 4.85. The highest BCUT2D eigenvalue weighted by Gasteiger charge is 2.12. The van der Waals surface area contributed by atoms with Gasteiger partial charge in [0.15, 0.2) is 0 Å². The predicted molar refractivity (Wildman–Crippen MR) is 86.2 cm³/mol. The number of hydrogen-bond donors (Lipinski definition) is 1. The van der Waals surface area contributed by atoms with E-state index in [1.807, 2.05) is 37.3 Å². The maximum Gasteiger partial charge on any atom is 0.0566 e. The van der Waals surface area contributed by atoms with E-state index in [2.05, 4.69) is 30.3 Å². The van der Waals surface area contributed by atoms with E-state index < -0.39 is 0 Å². The summed E-state index contributed by atoms with van der Waals surface area (Å²) in [5, 5.41) is 3.15. The number of nitrogens with two attached hydrogens (primary N) is 1. The summed E-state index contributed by atoms with van der Waals surface area (Å²) in [5.41, 5.74) is 9.56.